The molecule has 0 bridgehead atoms. The zero-order valence-electron chi connectivity index (χ0n) is 12.0. The Morgan fingerprint density at radius 2 is 2.26 bits per heavy atom. The summed E-state index contributed by atoms with van der Waals surface area (Å²) >= 11 is 0. The van der Waals surface area contributed by atoms with Gasteiger partial charge in [0.05, 0.1) is 13.2 Å². The average molecular weight is 268 g/mol. The highest BCUT2D eigenvalue weighted by Crippen LogP contribution is 1.89. The van der Waals surface area contributed by atoms with Crippen LogP contribution in [-0.4, -0.2) is 47.5 Å². The van der Waals surface area contributed by atoms with E-state index in [4.69, 9.17) is 4.74 Å². The van der Waals surface area contributed by atoms with Crippen molar-refractivity contribution in [2.75, 3.05) is 26.8 Å². The molecule has 0 saturated carbocycles. The number of unbranched alkanes of at least 4 members (excludes halogenated alkanes) is 1. The van der Waals surface area contributed by atoms with Crippen LogP contribution >= 0.6 is 0 Å². The van der Waals surface area contributed by atoms with E-state index in [1.807, 2.05) is 7.05 Å². The standard InChI is InChI=1S/C12H24N6O/c1-4-5-7-19-8-6-14-12(13-2)15-9-11-16-10-17-18(11)3/h10H,4-9H2,1-3H3,(H2,13,14,15). The van der Waals surface area contributed by atoms with Crippen molar-refractivity contribution in [1.29, 1.82) is 0 Å². The number of aromatic nitrogens is 3. The van der Waals surface area contributed by atoms with E-state index in [2.05, 4.69) is 32.6 Å². The molecular formula is C12H24N6O. The van der Waals surface area contributed by atoms with Gasteiger partial charge in [-0.2, -0.15) is 5.10 Å². The van der Waals surface area contributed by atoms with Crippen LogP contribution in [-0.2, 0) is 18.3 Å². The fourth-order valence-electron chi connectivity index (χ4n) is 1.45. The van der Waals surface area contributed by atoms with Gasteiger partial charge in [-0.1, -0.05) is 13.3 Å². The highest BCUT2D eigenvalue weighted by Gasteiger charge is 2.02. The smallest absolute Gasteiger partial charge is 0.191 e. The van der Waals surface area contributed by atoms with Crippen molar-refractivity contribution >= 4 is 5.96 Å². The summed E-state index contributed by atoms with van der Waals surface area (Å²) in [6, 6.07) is 0. The van der Waals surface area contributed by atoms with Gasteiger partial charge in [-0.25, -0.2) is 4.98 Å². The highest BCUT2D eigenvalue weighted by atomic mass is 16.5. The number of guanidine groups is 1. The molecule has 0 aliphatic carbocycles. The molecular weight excluding hydrogens is 244 g/mol. The van der Waals surface area contributed by atoms with Gasteiger partial charge in [0.15, 0.2) is 5.96 Å². The lowest BCUT2D eigenvalue weighted by molar-refractivity contribution is 0.136. The molecule has 0 radical (unpaired) electrons. The van der Waals surface area contributed by atoms with Gasteiger partial charge in [-0.3, -0.25) is 9.67 Å². The third kappa shape index (κ3) is 6.19. The van der Waals surface area contributed by atoms with Gasteiger partial charge in [0.2, 0.25) is 0 Å². The lowest BCUT2D eigenvalue weighted by Crippen LogP contribution is -2.39. The quantitative estimate of drug-likeness (QED) is 0.403. The molecule has 2 N–H and O–H groups in total. The van der Waals surface area contributed by atoms with Gasteiger partial charge in [0.1, 0.15) is 12.2 Å². The number of nitrogens with zero attached hydrogens (tertiary/aromatic N) is 4. The molecule has 0 fully saturated rings. The number of nitrogens with one attached hydrogen (secondary N) is 2. The van der Waals surface area contributed by atoms with Crippen LogP contribution in [0.4, 0.5) is 0 Å². The molecule has 7 heteroatoms. The SMILES string of the molecule is CCCCOCCNC(=NC)NCc1ncnn1C. The maximum atomic E-state index is 5.47. The zero-order chi connectivity index (χ0) is 13.9. The lowest BCUT2D eigenvalue weighted by Gasteiger charge is -2.11. The van der Waals surface area contributed by atoms with Crippen LogP contribution in [0.2, 0.25) is 0 Å². The molecule has 0 amide bonds. The Kier molecular flexibility index (Phi) is 7.57. The van der Waals surface area contributed by atoms with Gasteiger partial charge in [-0.15, -0.1) is 0 Å². The Bertz CT molecular complexity index is 376. The second-order valence-corrected chi connectivity index (χ2v) is 4.12. The summed E-state index contributed by atoms with van der Waals surface area (Å²) in [7, 11) is 3.60. The van der Waals surface area contributed by atoms with Gasteiger partial charge in [0, 0.05) is 27.2 Å². The van der Waals surface area contributed by atoms with Crippen molar-refractivity contribution in [2.24, 2.45) is 12.0 Å². The van der Waals surface area contributed by atoms with Crippen LogP contribution in [0.1, 0.15) is 25.6 Å². The number of aryl methyl sites for hydroxylation is 1. The molecule has 1 aromatic rings. The van der Waals surface area contributed by atoms with Crippen LogP contribution < -0.4 is 10.6 Å². The molecule has 0 saturated heterocycles. The molecule has 1 rings (SSSR count). The Hall–Kier alpha value is -1.63. The summed E-state index contributed by atoms with van der Waals surface area (Å²) in [5, 5.41) is 10.4. The van der Waals surface area contributed by atoms with E-state index < -0.39 is 0 Å². The van der Waals surface area contributed by atoms with Gasteiger partial charge in [-0.05, 0) is 6.42 Å². The van der Waals surface area contributed by atoms with Crippen molar-refractivity contribution in [2.45, 2.75) is 26.3 Å². The maximum Gasteiger partial charge on any atom is 0.191 e. The predicted molar refractivity (Wildman–Crippen MR) is 74.9 cm³/mol. The van der Waals surface area contributed by atoms with E-state index in [1.54, 1.807) is 11.7 Å². The zero-order valence-corrected chi connectivity index (χ0v) is 12.0. The molecule has 19 heavy (non-hydrogen) atoms. The third-order valence-electron chi connectivity index (χ3n) is 2.62. The van der Waals surface area contributed by atoms with Crippen LogP contribution in [0.25, 0.3) is 0 Å². The van der Waals surface area contributed by atoms with E-state index in [9.17, 15) is 0 Å². The van der Waals surface area contributed by atoms with Gasteiger partial charge >= 0.3 is 0 Å². The molecule has 108 valence electrons. The third-order valence-corrected chi connectivity index (χ3v) is 2.62. The fraction of sp³-hybridized carbons (Fsp3) is 0.750. The van der Waals surface area contributed by atoms with Crippen LogP contribution in [0, 0.1) is 0 Å². The minimum absolute atomic E-state index is 0.590. The van der Waals surface area contributed by atoms with Crippen molar-refractivity contribution in [3.63, 3.8) is 0 Å². The van der Waals surface area contributed by atoms with E-state index in [1.165, 1.54) is 6.33 Å². The monoisotopic (exact) mass is 268 g/mol. The van der Waals surface area contributed by atoms with E-state index in [0.717, 1.165) is 37.8 Å². The summed E-state index contributed by atoms with van der Waals surface area (Å²) in [5.74, 6) is 1.60. The summed E-state index contributed by atoms with van der Waals surface area (Å²) in [6.45, 7) is 4.99. The molecule has 1 heterocycles. The van der Waals surface area contributed by atoms with Crippen molar-refractivity contribution in [3.8, 4) is 0 Å². The first-order valence-electron chi connectivity index (χ1n) is 6.63. The molecule has 0 atom stereocenters. The summed E-state index contributed by atoms with van der Waals surface area (Å²) in [6.07, 6.45) is 3.81. The van der Waals surface area contributed by atoms with E-state index >= 15 is 0 Å². The summed E-state index contributed by atoms with van der Waals surface area (Å²) in [5.41, 5.74) is 0. The topological polar surface area (TPSA) is 76.4 Å². The van der Waals surface area contributed by atoms with Crippen LogP contribution in [0.5, 0.6) is 0 Å². The highest BCUT2D eigenvalue weighted by molar-refractivity contribution is 5.79. The minimum Gasteiger partial charge on any atom is -0.380 e. The Morgan fingerprint density at radius 3 is 2.89 bits per heavy atom. The van der Waals surface area contributed by atoms with E-state index in [-0.39, 0.29) is 0 Å². The number of ether oxygens (including phenoxy) is 1. The maximum absolute atomic E-state index is 5.47. The minimum atomic E-state index is 0.590. The predicted octanol–water partition coefficient (Wildman–Crippen LogP) is 0.297. The normalized spacial score (nSPS) is 11.6. The largest absolute Gasteiger partial charge is 0.380 e. The first kappa shape index (κ1) is 15.4. The van der Waals surface area contributed by atoms with Gasteiger partial charge < -0.3 is 15.4 Å². The number of aliphatic imine (C=N–C) groups is 1. The van der Waals surface area contributed by atoms with Crippen LogP contribution in [0.3, 0.4) is 0 Å². The average Bonchev–Trinajstić information content (AvgIpc) is 2.83. The Labute approximate surface area is 114 Å². The molecule has 1 aromatic heterocycles. The van der Waals surface area contributed by atoms with Crippen molar-refractivity contribution < 1.29 is 4.74 Å². The lowest BCUT2D eigenvalue weighted by atomic mass is 10.4. The second-order valence-electron chi connectivity index (χ2n) is 4.12. The summed E-state index contributed by atoms with van der Waals surface area (Å²) < 4.78 is 7.20. The molecule has 0 aliphatic rings. The first-order valence-corrected chi connectivity index (χ1v) is 6.63. The number of rotatable bonds is 8. The Balaban J connectivity index is 2.15. The van der Waals surface area contributed by atoms with Crippen molar-refractivity contribution in [1.82, 2.24) is 25.4 Å². The number of hydrogen-bond acceptors (Lipinski definition) is 4. The fourth-order valence-corrected chi connectivity index (χ4v) is 1.45. The van der Waals surface area contributed by atoms with Gasteiger partial charge in [0.25, 0.3) is 0 Å². The first-order chi connectivity index (χ1) is 9.27. The Morgan fingerprint density at radius 1 is 1.42 bits per heavy atom. The molecule has 7 nitrogen and oxygen atoms in total. The number of hydrogen-bond donors (Lipinski definition) is 2. The van der Waals surface area contributed by atoms with E-state index in [0.29, 0.717) is 13.2 Å². The van der Waals surface area contributed by atoms with Crippen molar-refractivity contribution in [3.05, 3.63) is 12.2 Å². The molecule has 0 aromatic carbocycles. The van der Waals surface area contributed by atoms with Crippen LogP contribution in [0.15, 0.2) is 11.3 Å². The molecule has 0 unspecified atom stereocenters. The molecule has 0 spiro atoms. The second kappa shape index (κ2) is 9.32. The summed E-state index contributed by atoms with van der Waals surface area (Å²) in [4.78, 5) is 8.27. The molecule has 0 aliphatic heterocycles.